The van der Waals surface area contributed by atoms with Gasteiger partial charge in [0.15, 0.2) is 0 Å². The van der Waals surface area contributed by atoms with Gasteiger partial charge in [-0.15, -0.1) is 11.8 Å². The Balaban J connectivity index is 1.61. The maximum atomic E-state index is 12.3. The lowest BCUT2D eigenvalue weighted by Gasteiger charge is -2.18. The number of para-hydroxylation sites is 1. The third kappa shape index (κ3) is 6.86. The molecule has 0 aromatic heterocycles. The van der Waals surface area contributed by atoms with Gasteiger partial charge in [-0.1, -0.05) is 54.6 Å². The molecule has 36 heavy (non-hydrogen) atoms. The molecule has 184 valence electrons. The minimum Gasteiger partial charge on any atom is -0.372 e. The summed E-state index contributed by atoms with van der Waals surface area (Å²) >= 11 is 1.75. The molecular weight excluding hydrogens is 468 g/mol. The van der Waals surface area contributed by atoms with Gasteiger partial charge in [-0.2, -0.15) is 0 Å². The van der Waals surface area contributed by atoms with Crippen molar-refractivity contribution in [3.8, 4) is 0 Å². The molecule has 0 unspecified atom stereocenters. The second kappa shape index (κ2) is 12.2. The molecule has 1 aliphatic heterocycles. The van der Waals surface area contributed by atoms with Crippen molar-refractivity contribution in [2.24, 2.45) is 4.99 Å². The van der Waals surface area contributed by atoms with Crippen LogP contribution in [-0.2, 0) is 15.3 Å². The smallest absolute Gasteiger partial charge is 0.243 e. The van der Waals surface area contributed by atoms with Crippen LogP contribution >= 0.6 is 11.8 Å². The molecule has 2 amide bonds. The molecule has 0 fully saturated rings. The van der Waals surface area contributed by atoms with Crippen LogP contribution in [0, 0.1) is 0 Å². The van der Waals surface area contributed by atoms with E-state index >= 15 is 0 Å². The highest BCUT2D eigenvalue weighted by molar-refractivity contribution is 7.98. The zero-order chi connectivity index (χ0) is 25.3. The Labute approximate surface area is 216 Å². The first-order chi connectivity index (χ1) is 17.5. The van der Waals surface area contributed by atoms with Crippen molar-refractivity contribution < 1.29 is 9.59 Å². The van der Waals surface area contributed by atoms with Crippen LogP contribution in [0.15, 0.2) is 88.8 Å². The summed E-state index contributed by atoms with van der Waals surface area (Å²) in [5.74, 6) is 0.330. The Morgan fingerprint density at radius 3 is 2.61 bits per heavy atom. The van der Waals surface area contributed by atoms with Crippen molar-refractivity contribution in [3.63, 3.8) is 0 Å². The van der Waals surface area contributed by atoms with E-state index in [1.807, 2.05) is 48.5 Å². The summed E-state index contributed by atoms with van der Waals surface area (Å²) in [7, 11) is 2.09. The minimum atomic E-state index is -0.269. The first kappa shape index (κ1) is 25.3. The van der Waals surface area contributed by atoms with Gasteiger partial charge in [-0.3, -0.25) is 14.6 Å². The fraction of sp³-hybridized carbons (Fsp3) is 0.207. The molecule has 0 bridgehead atoms. The zero-order valence-electron chi connectivity index (χ0n) is 20.5. The molecule has 0 spiro atoms. The van der Waals surface area contributed by atoms with E-state index in [2.05, 4.69) is 59.0 Å². The Hall–Kier alpha value is -3.84. The number of hydrogen-bond donors (Lipinski definition) is 2. The highest BCUT2D eigenvalue weighted by Gasteiger charge is 2.14. The van der Waals surface area contributed by atoms with Gasteiger partial charge in [0.05, 0.1) is 18.8 Å². The van der Waals surface area contributed by atoms with Gasteiger partial charge in [0.2, 0.25) is 11.8 Å². The number of nitrogens with zero attached hydrogens (tertiary/aromatic N) is 2. The minimum absolute atomic E-state index is 0.0634. The predicted octanol–water partition coefficient (Wildman–Crippen LogP) is 5.01. The third-order valence-corrected chi connectivity index (χ3v) is 6.92. The molecule has 1 aliphatic rings. The highest BCUT2D eigenvalue weighted by atomic mass is 32.2. The number of likely N-dealkylation sites (N-methyl/N-ethyl adjacent to an activating group) is 1. The molecule has 0 saturated heterocycles. The van der Waals surface area contributed by atoms with Crippen molar-refractivity contribution >= 4 is 46.7 Å². The lowest BCUT2D eigenvalue weighted by atomic mass is 10.1. The Morgan fingerprint density at radius 1 is 1.03 bits per heavy atom. The summed E-state index contributed by atoms with van der Waals surface area (Å²) in [6, 6.07) is 24.5. The number of hydrogen-bond acceptors (Lipinski definition) is 5. The number of carbonyl (C=O) groups is 2. The van der Waals surface area contributed by atoms with Crippen molar-refractivity contribution in [3.05, 3.63) is 95.6 Å². The van der Waals surface area contributed by atoms with Gasteiger partial charge >= 0.3 is 0 Å². The number of carbonyl (C=O) groups excluding carboxylic acids is 2. The average Bonchev–Trinajstić information content (AvgIpc) is 3.05. The molecule has 3 aromatic rings. The summed E-state index contributed by atoms with van der Waals surface area (Å²) in [6.45, 7) is 2.91. The van der Waals surface area contributed by atoms with E-state index in [9.17, 15) is 9.59 Å². The van der Waals surface area contributed by atoms with E-state index in [1.54, 1.807) is 11.8 Å². The Bertz CT molecular complexity index is 1290. The first-order valence-corrected chi connectivity index (χ1v) is 12.9. The molecule has 3 aromatic carbocycles. The number of benzodiazepines with no additional fused rings is 1. The van der Waals surface area contributed by atoms with Crippen LogP contribution in [0.2, 0.25) is 0 Å². The lowest BCUT2D eigenvalue weighted by molar-refractivity contribution is -0.122. The quantitative estimate of drug-likeness (QED) is 0.429. The molecule has 0 aliphatic carbocycles. The molecule has 4 rings (SSSR count). The van der Waals surface area contributed by atoms with E-state index in [0.29, 0.717) is 5.69 Å². The van der Waals surface area contributed by atoms with Gasteiger partial charge in [0.25, 0.3) is 0 Å². The number of aliphatic imine (C=N–C) groups is 1. The number of allylic oxidation sites excluding steroid dienone is 1. The van der Waals surface area contributed by atoms with Crippen molar-refractivity contribution in [1.29, 1.82) is 0 Å². The summed E-state index contributed by atoms with van der Waals surface area (Å²) < 4.78 is 0. The van der Waals surface area contributed by atoms with E-state index in [0.717, 1.165) is 46.3 Å². The lowest BCUT2D eigenvalue weighted by Crippen LogP contribution is -2.31. The predicted molar refractivity (Wildman–Crippen MR) is 150 cm³/mol. The van der Waals surface area contributed by atoms with Crippen LogP contribution < -0.4 is 15.5 Å². The monoisotopic (exact) mass is 498 g/mol. The molecule has 2 N–H and O–H groups in total. The number of fused-ring (bicyclic) bond motifs is 1. The van der Waals surface area contributed by atoms with Crippen LogP contribution in [-0.4, -0.2) is 44.2 Å². The van der Waals surface area contributed by atoms with Crippen LogP contribution in [0.1, 0.15) is 23.6 Å². The van der Waals surface area contributed by atoms with Gasteiger partial charge in [-0.05, 0) is 41.5 Å². The number of nitrogens with one attached hydrogen (secondary N) is 2. The van der Waals surface area contributed by atoms with E-state index < -0.39 is 0 Å². The fourth-order valence-corrected chi connectivity index (χ4v) is 4.87. The van der Waals surface area contributed by atoms with Crippen LogP contribution in [0.5, 0.6) is 0 Å². The molecule has 7 heteroatoms. The second-order valence-electron chi connectivity index (χ2n) is 8.52. The third-order valence-electron chi connectivity index (χ3n) is 5.76. The summed E-state index contributed by atoms with van der Waals surface area (Å²) in [4.78, 5) is 31.6. The molecule has 0 saturated carbocycles. The summed E-state index contributed by atoms with van der Waals surface area (Å²) in [5, 5.41) is 5.40. The van der Waals surface area contributed by atoms with Gasteiger partial charge in [-0.25, -0.2) is 0 Å². The number of thioether (sulfide) groups is 1. The molecule has 0 radical (unpaired) electrons. The molecular formula is C29H30N4O2S. The average molecular weight is 499 g/mol. The molecule has 6 nitrogen and oxygen atoms in total. The second-order valence-corrected chi connectivity index (χ2v) is 9.54. The Kier molecular flexibility index (Phi) is 8.57. The summed E-state index contributed by atoms with van der Waals surface area (Å²) in [5.41, 5.74) is 6.12. The van der Waals surface area contributed by atoms with Crippen molar-refractivity contribution in [2.45, 2.75) is 17.6 Å². The van der Waals surface area contributed by atoms with E-state index in [1.165, 1.54) is 12.5 Å². The topological polar surface area (TPSA) is 73.8 Å². The number of benzene rings is 3. The van der Waals surface area contributed by atoms with Crippen molar-refractivity contribution in [2.75, 3.05) is 36.9 Å². The standard InChI is InChI=1S/C29H30N4O2S/c1-21(34)31-19-29(35)32-24-13-15-28(36-20-22-8-4-3-5-9-22)23(18-24)12-14-26-25-10-6-7-11-27(25)33(2)17-16-30-26/h3-15,18H,16-17,19-20H2,1-2H3,(H,31,34)(H,32,35). The highest BCUT2D eigenvalue weighted by Crippen LogP contribution is 2.30. The fourth-order valence-electron chi connectivity index (χ4n) is 3.89. The molecule has 1 heterocycles. The number of amides is 2. The number of rotatable bonds is 8. The Morgan fingerprint density at radius 2 is 1.81 bits per heavy atom. The largest absolute Gasteiger partial charge is 0.372 e. The SMILES string of the molecule is CC(=O)NCC(=O)Nc1ccc(SCc2ccccc2)c(C=CC2=NCCN(C)c3ccccc32)c1. The zero-order valence-corrected chi connectivity index (χ0v) is 21.3. The summed E-state index contributed by atoms with van der Waals surface area (Å²) in [6.07, 6.45) is 4.13. The first-order valence-electron chi connectivity index (χ1n) is 11.9. The van der Waals surface area contributed by atoms with Gasteiger partial charge in [0, 0.05) is 48.1 Å². The molecule has 0 atom stereocenters. The van der Waals surface area contributed by atoms with Crippen LogP contribution in [0.4, 0.5) is 11.4 Å². The van der Waals surface area contributed by atoms with E-state index in [4.69, 9.17) is 4.99 Å². The van der Waals surface area contributed by atoms with Crippen LogP contribution in [0.25, 0.3) is 6.08 Å². The van der Waals surface area contributed by atoms with Crippen molar-refractivity contribution in [1.82, 2.24) is 5.32 Å². The maximum absolute atomic E-state index is 12.3. The maximum Gasteiger partial charge on any atom is 0.243 e. The number of anilines is 2. The normalized spacial score (nSPS) is 13.1. The van der Waals surface area contributed by atoms with Gasteiger partial charge in [0.1, 0.15) is 0 Å². The van der Waals surface area contributed by atoms with E-state index in [-0.39, 0.29) is 18.4 Å². The van der Waals surface area contributed by atoms with Crippen LogP contribution in [0.3, 0.4) is 0 Å². The van der Waals surface area contributed by atoms with Gasteiger partial charge < -0.3 is 15.5 Å².